The Labute approximate surface area is 154 Å². The topological polar surface area (TPSA) is 71.1 Å². The van der Waals surface area contributed by atoms with E-state index in [-0.39, 0.29) is 5.56 Å². The van der Waals surface area contributed by atoms with E-state index in [0.717, 1.165) is 37.4 Å². The van der Waals surface area contributed by atoms with Crippen LogP contribution in [0.1, 0.15) is 35.3 Å². The molecule has 1 heterocycles. The first-order chi connectivity index (χ1) is 12.9. The van der Waals surface area contributed by atoms with E-state index in [2.05, 4.69) is 10.3 Å². The molecular weight excluding hydrogens is 392 g/mol. The first kappa shape index (κ1) is 21.2. The highest BCUT2D eigenvalue weighted by Gasteiger charge is 2.37. The van der Waals surface area contributed by atoms with Crippen LogP contribution in [-0.2, 0) is 17.1 Å². The van der Waals surface area contributed by atoms with Crippen LogP contribution in [0.4, 0.5) is 31.1 Å². The smallest absolute Gasteiger partial charge is 0.325 e. The summed E-state index contributed by atoms with van der Waals surface area (Å²) in [6.07, 6.45) is -8.42. The summed E-state index contributed by atoms with van der Waals surface area (Å²) in [5.74, 6) is -0.777. The number of hydrogen-bond donors (Lipinski definition) is 2. The van der Waals surface area contributed by atoms with Crippen LogP contribution in [-0.4, -0.2) is 16.9 Å². The molecule has 0 aliphatic heterocycles. The maximum atomic E-state index is 13.3. The number of nitrogens with zero attached hydrogens (tertiary/aromatic N) is 1. The standard InChI is InChI=1S/C17H13F6N3O2/c1-9(27)25-15(28)26-13(10-4-6-11(7-5-10)16(18,19)20)14-12(17(21,22)23)3-2-8-24-14/h2-8,13H,1H3,(H2,25,26,27,28). The zero-order valence-electron chi connectivity index (χ0n) is 14.2. The fourth-order valence-electron chi connectivity index (χ4n) is 2.39. The monoisotopic (exact) mass is 405 g/mol. The molecule has 150 valence electrons. The molecule has 1 atom stereocenters. The number of aromatic nitrogens is 1. The van der Waals surface area contributed by atoms with E-state index in [9.17, 15) is 35.9 Å². The quantitative estimate of drug-likeness (QED) is 0.757. The molecule has 5 nitrogen and oxygen atoms in total. The van der Waals surface area contributed by atoms with Gasteiger partial charge >= 0.3 is 18.4 Å². The minimum Gasteiger partial charge on any atom is -0.325 e. The molecule has 0 bridgehead atoms. The Morgan fingerprint density at radius 2 is 1.57 bits per heavy atom. The number of halogens is 6. The van der Waals surface area contributed by atoms with Gasteiger partial charge in [0, 0.05) is 13.1 Å². The minimum absolute atomic E-state index is 0.0871. The lowest BCUT2D eigenvalue weighted by Crippen LogP contribution is -2.41. The van der Waals surface area contributed by atoms with Gasteiger partial charge in [-0.1, -0.05) is 12.1 Å². The summed E-state index contributed by atoms with van der Waals surface area (Å²) in [6, 6.07) is 2.27. The van der Waals surface area contributed by atoms with Crippen LogP contribution in [0.25, 0.3) is 0 Å². The number of alkyl halides is 6. The highest BCUT2D eigenvalue weighted by atomic mass is 19.4. The van der Waals surface area contributed by atoms with Crippen molar-refractivity contribution in [2.24, 2.45) is 0 Å². The van der Waals surface area contributed by atoms with Crippen molar-refractivity contribution in [2.75, 3.05) is 0 Å². The van der Waals surface area contributed by atoms with Crippen molar-refractivity contribution in [3.63, 3.8) is 0 Å². The molecule has 11 heteroatoms. The molecule has 2 N–H and O–H groups in total. The molecule has 2 aromatic rings. The van der Waals surface area contributed by atoms with Crippen molar-refractivity contribution in [2.45, 2.75) is 25.3 Å². The average Bonchev–Trinajstić information content (AvgIpc) is 2.58. The zero-order valence-corrected chi connectivity index (χ0v) is 14.2. The van der Waals surface area contributed by atoms with Crippen molar-refractivity contribution in [3.05, 3.63) is 65.0 Å². The Bertz CT molecular complexity index is 862. The van der Waals surface area contributed by atoms with Crippen molar-refractivity contribution in [3.8, 4) is 0 Å². The Balaban J connectivity index is 2.53. The van der Waals surface area contributed by atoms with Crippen LogP contribution in [0.3, 0.4) is 0 Å². The number of pyridine rings is 1. The Kier molecular flexibility index (Phi) is 5.95. The third-order valence-electron chi connectivity index (χ3n) is 3.55. The van der Waals surface area contributed by atoms with Gasteiger partial charge in [-0.15, -0.1) is 0 Å². The van der Waals surface area contributed by atoms with Gasteiger partial charge in [0.15, 0.2) is 0 Å². The van der Waals surface area contributed by atoms with Crippen molar-refractivity contribution in [1.29, 1.82) is 0 Å². The van der Waals surface area contributed by atoms with E-state index in [1.54, 1.807) is 0 Å². The number of rotatable bonds is 3. The number of hydrogen-bond acceptors (Lipinski definition) is 3. The first-order valence-electron chi connectivity index (χ1n) is 7.67. The molecule has 0 saturated heterocycles. The van der Waals surface area contributed by atoms with Crippen LogP contribution in [0.5, 0.6) is 0 Å². The summed E-state index contributed by atoms with van der Waals surface area (Å²) in [4.78, 5) is 26.5. The largest absolute Gasteiger partial charge is 0.418 e. The molecule has 3 amide bonds. The fraction of sp³-hybridized carbons (Fsp3) is 0.235. The highest BCUT2D eigenvalue weighted by Crippen LogP contribution is 2.36. The van der Waals surface area contributed by atoms with E-state index < -0.39 is 47.2 Å². The van der Waals surface area contributed by atoms with Crippen LogP contribution >= 0.6 is 0 Å². The minimum atomic E-state index is -4.83. The molecule has 0 aliphatic rings. The third-order valence-corrected chi connectivity index (χ3v) is 3.55. The molecule has 0 radical (unpaired) electrons. The van der Waals surface area contributed by atoms with E-state index in [4.69, 9.17) is 0 Å². The van der Waals surface area contributed by atoms with Gasteiger partial charge in [0.05, 0.1) is 22.9 Å². The molecule has 0 fully saturated rings. The van der Waals surface area contributed by atoms with Crippen LogP contribution < -0.4 is 10.6 Å². The second-order valence-corrected chi connectivity index (χ2v) is 5.64. The van der Waals surface area contributed by atoms with E-state index >= 15 is 0 Å². The van der Waals surface area contributed by atoms with Gasteiger partial charge < -0.3 is 5.32 Å². The molecule has 1 aromatic heterocycles. The van der Waals surface area contributed by atoms with Gasteiger partial charge in [-0.2, -0.15) is 26.3 Å². The predicted octanol–water partition coefficient (Wildman–Crippen LogP) is 4.05. The second kappa shape index (κ2) is 7.87. The van der Waals surface area contributed by atoms with Gasteiger partial charge in [0.25, 0.3) is 0 Å². The van der Waals surface area contributed by atoms with Gasteiger partial charge in [-0.3, -0.25) is 15.1 Å². The number of nitrogens with one attached hydrogen (secondary N) is 2. The van der Waals surface area contributed by atoms with E-state index in [1.807, 2.05) is 5.32 Å². The maximum absolute atomic E-state index is 13.3. The SMILES string of the molecule is CC(=O)NC(=O)NC(c1ccc(C(F)(F)F)cc1)c1ncccc1C(F)(F)F. The Hall–Kier alpha value is -3.11. The van der Waals surface area contributed by atoms with E-state index in [1.165, 1.54) is 0 Å². The summed E-state index contributed by atoms with van der Waals surface area (Å²) < 4.78 is 78.2. The summed E-state index contributed by atoms with van der Waals surface area (Å²) in [5.41, 5.74) is -2.91. The van der Waals surface area contributed by atoms with Crippen molar-refractivity contribution >= 4 is 11.9 Å². The molecule has 0 aliphatic carbocycles. The van der Waals surface area contributed by atoms with Crippen molar-refractivity contribution < 1.29 is 35.9 Å². The zero-order chi connectivity index (χ0) is 21.1. The lowest BCUT2D eigenvalue weighted by molar-refractivity contribution is -0.139. The molecule has 28 heavy (non-hydrogen) atoms. The number of amides is 3. The lowest BCUT2D eigenvalue weighted by atomic mass is 9.98. The van der Waals surface area contributed by atoms with E-state index in [0.29, 0.717) is 12.1 Å². The third kappa shape index (κ3) is 5.21. The molecule has 2 rings (SSSR count). The summed E-state index contributed by atoms with van der Waals surface area (Å²) in [6.45, 7) is 1.01. The Morgan fingerprint density at radius 3 is 2.07 bits per heavy atom. The Morgan fingerprint density at radius 1 is 0.964 bits per heavy atom. The second-order valence-electron chi connectivity index (χ2n) is 5.64. The molecule has 0 saturated carbocycles. The normalized spacial score (nSPS) is 13.0. The lowest BCUT2D eigenvalue weighted by Gasteiger charge is -2.22. The summed E-state index contributed by atoms with van der Waals surface area (Å²) in [7, 11) is 0. The van der Waals surface area contributed by atoms with Crippen LogP contribution in [0.2, 0.25) is 0 Å². The average molecular weight is 405 g/mol. The van der Waals surface area contributed by atoms with Crippen LogP contribution in [0.15, 0.2) is 42.6 Å². The number of urea groups is 1. The number of carbonyl (C=O) groups excluding carboxylic acids is 2. The summed E-state index contributed by atoms with van der Waals surface area (Å²) in [5, 5.41) is 3.97. The van der Waals surface area contributed by atoms with Crippen LogP contribution in [0, 0.1) is 0 Å². The van der Waals surface area contributed by atoms with Gasteiger partial charge in [0.2, 0.25) is 5.91 Å². The summed E-state index contributed by atoms with van der Waals surface area (Å²) >= 11 is 0. The molecule has 1 unspecified atom stereocenters. The molecular formula is C17H13F6N3O2. The predicted molar refractivity (Wildman–Crippen MR) is 84.9 cm³/mol. The first-order valence-corrected chi connectivity index (χ1v) is 7.67. The van der Waals surface area contributed by atoms with Gasteiger partial charge in [0.1, 0.15) is 0 Å². The van der Waals surface area contributed by atoms with Gasteiger partial charge in [-0.25, -0.2) is 4.79 Å². The fourth-order valence-corrected chi connectivity index (χ4v) is 2.39. The number of imide groups is 1. The van der Waals surface area contributed by atoms with Crippen molar-refractivity contribution in [1.82, 2.24) is 15.6 Å². The number of benzene rings is 1. The van der Waals surface area contributed by atoms with Gasteiger partial charge in [-0.05, 0) is 29.8 Å². The number of carbonyl (C=O) groups is 2. The maximum Gasteiger partial charge on any atom is 0.418 e. The molecule has 0 spiro atoms. The molecule has 1 aromatic carbocycles. The highest BCUT2D eigenvalue weighted by molar-refractivity contribution is 5.93.